The van der Waals surface area contributed by atoms with Crippen molar-refractivity contribution in [3.05, 3.63) is 35.6 Å². The number of ketones is 1. The molecule has 0 heterocycles. The summed E-state index contributed by atoms with van der Waals surface area (Å²) in [5.74, 6) is -0.770. The van der Waals surface area contributed by atoms with Gasteiger partial charge in [0.25, 0.3) is 0 Å². The van der Waals surface area contributed by atoms with Crippen molar-refractivity contribution in [2.45, 2.75) is 52.4 Å². The zero-order valence-electron chi connectivity index (χ0n) is 14.5. The molecule has 3 nitrogen and oxygen atoms in total. The number of aliphatic carboxylic acids is 1. The number of carboxylic acid groups (broad SMARTS) is 1. The molecule has 1 fully saturated rings. The summed E-state index contributed by atoms with van der Waals surface area (Å²) in [6.45, 7) is 4.43. The predicted molar refractivity (Wildman–Crippen MR) is 91.1 cm³/mol. The molecule has 0 radical (unpaired) electrons. The van der Waals surface area contributed by atoms with Crippen LogP contribution in [0.15, 0.2) is 24.3 Å². The number of carboxylic acids is 1. The van der Waals surface area contributed by atoms with Gasteiger partial charge in [0.1, 0.15) is 11.6 Å². The van der Waals surface area contributed by atoms with Gasteiger partial charge in [0.2, 0.25) is 0 Å². The van der Waals surface area contributed by atoms with E-state index >= 15 is 0 Å². The second-order valence-corrected chi connectivity index (χ2v) is 7.40. The van der Waals surface area contributed by atoms with Crippen molar-refractivity contribution in [2.24, 2.45) is 23.7 Å². The molecule has 1 N–H and O–H groups in total. The number of halogens is 1. The SMILES string of the molecule is CC(C)C1CCC(C(=O)CC(Cc2cccc(F)c2)C(=O)O)CC1. The normalized spacial score (nSPS) is 22.3. The molecule has 0 aliphatic heterocycles. The van der Waals surface area contributed by atoms with Crippen LogP contribution in [0.4, 0.5) is 4.39 Å². The fourth-order valence-corrected chi connectivity index (χ4v) is 3.71. The Morgan fingerprint density at radius 1 is 1.21 bits per heavy atom. The monoisotopic (exact) mass is 334 g/mol. The summed E-state index contributed by atoms with van der Waals surface area (Å²) in [4.78, 5) is 24.0. The predicted octanol–water partition coefficient (Wildman–Crippen LogP) is 4.49. The van der Waals surface area contributed by atoms with Crippen LogP contribution >= 0.6 is 0 Å². The lowest BCUT2D eigenvalue weighted by Crippen LogP contribution is -2.28. The number of rotatable bonds is 7. The third-order valence-electron chi connectivity index (χ3n) is 5.34. The number of benzene rings is 1. The molecule has 1 atom stereocenters. The molecule has 1 aliphatic rings. The fourth-order valence-electron chi connectivity index (χ4n) is 3.71. The number of Topliss-reactive ketones (excluding diaryl/α,β-unsaturated/α-hetero) is 1. The van der Waals surface area contributed by atoms with Crippen molar-refractivity contribution in [2.75, 3.05) is 0 Å². The molecule has 0 saturated heterocycles. The van der Waals surface area contributed by atoms with Gasteiger partial charge >= 0.3 is 5.97 Å². The maximum atomic E-state index is 13.3. The highest BCUT2D eigenvalue weighted by molar-refractivity contribution is 5.85. The summed E-state index contributed by atoms with van der Waals surface area (Å²) in [7, 11) is 0. The molecular formula is C20H27FO3. The van der Waals surface area contributed by atoms with Crippen LogP contribution in [0.25, 0.3) is 0 Å². The average molecular weight is 334 g/mol. The van der Waals surface area contributed by atoms with Crippen LogP contribution < -0.4 is 0 Å². The largest absolute Gasteiger partial charge is 0.481 e. The summed E-state index contributed by atoms with van der Waals surface area (Å²) < 4.78 is 13.3. The van der Waals surface area contributed by atoms with E-state index in [4.69, 9.17) is 0 Å². The van der Waals surface area contributed by atoms with Gasteiger partial charge in [-0.1, -0.05) is 26.0 Å². The first-order valence-corrected chi connectivity index (χ1v) is 8.86. The van der Waals surface area contributed by atoms with Crippen molar-refractivity contribution in [1.29, 1.82) is 0 Å². The summed E-state index contributed by atoms with van der Waals surface area (Å²) in [6.07, 6.45) is 4.08. The summed E-state index contributed by atoms with van der Waals surface area (Å²) >= 11 is 0. The molecule has 1 unspecified atom stereocenters. The quantitative estimate of drug-likeness (QED) is 0.799. The van der Waals surface area contributed by atoms with Gasteiger partial charge in [0.15, 0.2) is 0 Å². The standard InChI is InChI=1S/C20H27FO3/c1-13(2)15-6-8-16(9-7-15)19(22)12-17(20(23)24)10-14-4-3-5-18(21)11-14/h3-5,11,13,15-17H,6-10,12H2,1-2H3,(H,23,24). The lowest BCUT2D eigenvalue weighted by atomic mass is 9.74. The molecule has 0 amide bonds. The Hall–Kier alpha value is -1.71. The van der Waals surface area contributed by atoms with Crippen LogP contribution in [-0.2, 0) is 16.0 Å². The average Bonchev–Trinajstić information content (AvgIpc) is 2.54. The van der Waals surface area contributed by atoms with Gasteiger partial charge in [0, 0.05) is 12.3 Å². The van der Waals surface area contributed by atoms with E-state index in [0.717, 1.165) is 25.7 Å². The van der Waals surface area contributed by atoms with Crippen molar-refractivity contribution in [1.82, 2.24) is 0 Å². The van der Waals surface area contributed by atoms with E-state index in [9.17, 15) is 19.1 Å². The van der Waals surface area contributed by atoms with Crippen LogP contribution in [0.1, 0.15) is 51.5 Å². The smallest absolute Gasteiger partial charge is 0.307 e. The van der Waals surface area contributed by atoms with Gasteiger partial charge in [-0.05, 0) is 61.6 Å². The van der Waals surface area contributed by atoms with E-state index in [2.05, 4.69) is 13.8 Å². The van der Waals surface area contributed by atoms with E-state index in [1.54, 1.807) is 12.1 Å². The summed E-state index contributed by atoms with van der Waals surface area (Å²) in [6, 6.07) is 5.95. The molecule has 132 valence electrons. The molecule has 1 aromatic carbocycles. The van der Waals surface area contributed by atoms with Crippen molar-refractivity contribution >= 4 is 11.8 Å². The number of carbonyl (C=O) groups excluding carboxylic acids is 1. The Morgan fingerprint density at radius 3 is 2.42 bits per heavy atom. The van der Waals surface area contributed by atoms with Gasteiger partial charge in [-0.25, -0.2) is 4.39 Å². The van der Waals surface area contributed by atoms with E-state index in [1.807, 2.05) is 0 Å². The molecular weight excluding hydrogens is 307 g/mol. The lowest BCUT2D eigenvalue weighted by Gasteiger charge is -2.30. The second-order valence-electron chi connectivity index (χ2n) is 7.40. The first kappa shape index (κ1) is 18.6. The molecule has 1 aromatic rings. The zero-order chi connectivity index (χ0) is 17.7. The van der Waals surface area contributed by atoms with Crippen LogP contribution in [0.5, 0.6) is 0 Å². The minimum Gasteiger partial charge on any atom is -0.481 e. The van der Waals surface area contributed by atoms with Crippen LogP contribution in [-0.4, -0.2) is 16.9 Å². The Bertz CT molecular complexity index is 574. The lowest BCUT2D eigenvalue weighted by molar-refractivity contribution is -0.144. The van der Waals surface area contributed by atoms with Crippen LogP contribution in [0.2, 0.25) is 0 Å². The first-order chi connectivity index (χ1) is 11.4. The minimum atomic E-state index is -0.983. The van der Waals surface area contributed by atoms with Crippen molar-refractivity contribution in [3.8, 4) is 0 Å². The van der Waals surface area contributed by atoms with Crippen molar-refractivity contribution in [3.63, 3.8) is 0 Å². The highest BCUT2D eigenvalue weighted by Gasteiger charge is 2.30. The molecule has 1 aliphatic carbocycles. The molecule has 0 aromatic heterocycles. The Morgan fingerprint density at radius 2 is 1.88 bits per heavy atom. The maximum absolute atomic E-state index is 13.3. The van der Waals surface area contributed by atoms with E-state index < -0.39 is 11.9 Å². The van der Waals surface area contributed by atoms with Gasteiger partial charge in [-0.2, -0.15) is 0 Å². The molecule has 0 spiro atoms. The Balaban J connectivity index is 1.93. The molecule has 0 bridgehead atoms. The van der Waals surface area contributed by atoms with E-state index in [-0.39, 0.29) is 30.4 Å². The zero-order valence-corrected chi connectivity index (χ0v) is 14.5. The summed E-state index contributed by atoms with van der Waals surface area (Å²) in [5, 5.41) is 9.42. The molecule has 4 heteroatoms. The first-order valence-electron chi connectivity index (χ1n) is 8.86. The Labute approximate surface area is 143 Å². The highest BCUT2D eigenvalue weighted by atomic mass is 19.1. The van der Waals surface area contributed by atoms with E-state index in [0.29, 0.717) is 17.4 Å². The van der Waals surface area contributed by atoms with Gasteiger partial charge in [-0.15, -0.1) is 0 Å². The second kappa shape index (κ2) is 8.41. The molecule has 1 saturated carbocycles. The van der Waals surface area contributed by atoms with Gasteiger partial charge < -0.3 is 5.11 Å². The molecule has 24 heavy (non-hydrogen) atoms. The maximum Gasteiger partial charge on any atom is 0.307 e. The fraction of sp³-hybridized carbons (Fsp3) is 0.600. The van der Waals surface area contributed by atoms with Crippen LogP contribution in [0, 0.1) is 29.5 Å². The van der Waals surface area contributed by atoms with Crippen LogP contribution in [0.3, 0.4) is 0 Å². The van der Waals surface area contributed by atoms with Gasteiger partial charge in [-0.3, -0.25) is 9.59 Å². The number of hydrogen-bond donors (Lipinski definition) is 1. The Kier molecular flexibility index (Phi) is 6.52. The third kappa shape index (κ3) is 5.15. The topological polar surface area (TPSA) is 54.4 Å². The third-order valence-corrected chi connectivity index (χ3v) is 5.34. The highest BCUT2D eigenvalue weighted by Crippen LogP contribution is 2.34. The van der Waals surface area contributed by atoms with Gasteiger partial charge in [0.05, 0.1) is 5.92 Å². The van der Waals surface area contributed by atoms with Crippen molar-refractivity contribution < 1.29 is 19.1 Å². The van der Waals surface area contributed by atoms with E-state index in [1.165, 1.54) is 12.1 Å². The number of carbonyl (C=O) groups is 2. The summed E-state index contributed by atoms with van der Waals surface area (Å²) in [5.41, 5.74) is 0.624. The number of hydrogen-bond acceptors (Lipinski definition) is 2. The molecule has 2 rings (SSSR count). The minimum absolute atomic E-state index is 0.00522.